The molecule has 1 fully saturated rings. The molecule has 0 aromatic carbocycles. The fourth-order valence-corrected chi connectivity index (χ4v) is 1.35. The summed E-state index contributed by atoms with van der Waals surface area (Å²) in [5.41, 5.74) is 6.66. The summed E-state index contributed by atoms with van der Waals surface area (Å²) in [7, 11) is 0. The van der Waals surface area contributed by atoms with Crippen molar-refractivity contribution in [3.8, 4) is 0 Å². The van der Waals surface area contributed by atoms with Crippen LogP contribution in [-0.4, -0.2) is 36.5 Å². The van der Waals surface area contributed by atoms with Gasteiger partial charge in [0.25, 0.3) is 0 Å². The molecule has 1 aromatic rings. The van der Waals surface area contributed by atoms with Gasteiger partial charge in [0.15, 0.2) is 0 Å². The van der Waals surface area contributed by atoms with Crippen LogP contribution in [0.2, 0.25) is 0 Å². The van der Waals surface area contributed by atoms with Gasteiger partial charge in [-0.3, -0.25) is 5.10 Å². The summed E-state index contributed by atoms with van der Waals surface area (Å²) in [5, 5.41) is 6.58. The lowest BCUT2D eigenvalue weighted by Gasteiger charge is -2.27. The van der Waals surface area contributed by atoms with Crippen molar-refractivity contribution in [3.63, 3.8) is 0 Å². The van der Waals surface area contributed by atoms with Crippen molar-refractivity contribution in [2.45, 2.75) is 0 Å². The maximum absolute atomic E-state index is 5.67. The third kappa shape index (κ3) is 1.23. The van der Waals surface area contributed by atoms with Gasteiger partial charge in [-0.05, 0) is 0 Å². The van der Waals surface area contributed by atoms with Crippen LogP contribution in [0.5, 0.6) is 0 Å². The van der Waals surface area contributed by atoms with E-state index < -0.39 is 0 Å². The smallest absolute Gasteiger partial charge is 0.142 e. The van der Waals surface area contributed by atoms with Gasteiger partial charge in [0.05, 0.1) is 25.1 Å². The molecule has 5 heteroatoms. The molecule has 3 N–H and O–H groups in total. The van der Waals surface area contributed by atoms with E-state index in [9.17, 15) is 0 Å². The monoisotopic (exact) mass is 168 g/mol. The first-order valence-corrected chi connectivity index (χ1v) is 3.99. The Morgan fingerprint density at radius 3 is 2.83 bits per heavy atom. The highest BCUT2D eigenvalue weighted by Gasteiger charge is 2.14. The Morgan fingerprint density at radius 1 is 1.50 bits per heavy atom. The second-order valence-electron chi connectivity index (χ2n) is 2.77. The zero-order valence-corrected chi connectivity index (χ0v) is 6.79. The number of aromatic amines is 1. The Bertz CT molecular complexity index is 254. The van der Waals surface area contributed by atoms with Gasteiger partial charge >= 0.3 is 0 Å². The molecule has 2 rings (SSSR count). The lowest BCUT2D eigenvalue weighted by molar-refractivity contribution is 0.123. The van der Waals surface area contributed by atoms with Crippen LogP contribution in [0.3, 0.4) is 0 Å². The standard InChI is InChI=1S/C7H12N4O/c8-7-6(5-9-10-7)11-1-3-12-4-2-11/h5H,1-4H2,(H3,8,9,10). The summed E-state index contributed by atoms with van der Waals surface area (Å²) in [6, 6.07) is 0. The Kier molecular flexibility index (Phi) is 1.87. The SMILES string of the molecule is Nc1[nH]ncc1N1CCOCC1. The summed E-state index contributed by atoms with van der Waals surface area (Å²) in [5.74, 6) is 0.636. The Morgan fingerprint density at radius 2 is 2.25 bits per heavy atom. The third-order valence-electron chi connectivity index (χ3n) is 2.00. The number of anilines is 2. The zero-order chi connectivity index (χ0) is 8.39. The van der Waals surface area contributed by atoms with Gasteiger partial charge in [0.1, 0.15) is 5.82 Å². The third-order valence-corrected chi connectivity index (χ3v) is 2.00. The molecular weight excluding hydrogens is 156 g/mol. The van der Waals surface area contributed by atoms with E-state index in [-0.39, 0.29) is 0 Å². The molecule has 12 heavy (non-hydrogen) atoms. The van der Waals surface area contributed by atoms with Crippen LogP contribution in [0.25, 0.3) is 0 Å². The summed E-state index contributed by atoms with van der Waals surface area (Å²) < 4.78 is 5.22. The molecule has 0 saturated carbocycles. The van der Waals surface area contributed by atoms with E-state index in [1.54, 1.807) is 6.20 Å². The van der Waals surface area contributed by atoms with Crippen LogP contribution in [0.15, 0.2) is 6.20 Å². The van der Waals surface area contributed by atoms with Crippen molar-refractivity contribution < 1.29 is 4.74 Å². The molecule has 0 spiro atoms. The first-order valence-electron chi connectivity index (χ1n) is 3.99. The number of nitrogens with zero attached hydrogens (tertiary/aromatic N) is 2. The topological polar surface area (TPSA) is 67.2 Å². The van der Waals surface area contributed by atoms with E-state index in [4.69, 9.17) is 10.5 Å². The van der Waals surface area contributed by atoms with Gasteiger partial charge in [-0.15, -0.1) is 0 Å². The minimum Gasteiger partial charge on any atom is -0.382 e. The number of rotatable bonds is 1. The van der Waals surface area contributed by atoms with Crippen LogP contribution >= 0.6 is 0 Å². The van der Waals surface area contributed by atoms with Crippen molar-refractivity contribution >= 4 is 11.5 Å². The largest absolute Gasteiger partial charge is 0.382 e. The Balaban J connectivity index is 2.13. The van der Waals surface area contributed by atoms with Crippen LogP contribution in [0, 0.1) is 0 Å². The summed E-state index contributed by atoms with van der Waals surface area (Å²) in [4.78, 5) is 2.17. The van der Waals surface area contributed by atoms with E-state index in [1.807, 2.05) is 0 Å². The van der Waals surface area contributed by atoms with Gasteiger partial charge in [0, 0.05) is 13.1 Å². The molecule has 0 bridgehead atoms. The lowest BCUT2D eigenvalue weighted by Crippen LogP contribution is -2.36. The fraction of sp³-hybridized carbons (Fsp3) is 0.571. The predicted molar refractivity (Wildman–Crippen MR) is 46.0 cm³/mol. The number of morpholine rings is 1. The molecule has 0 atom stereocenters. The van der Waals surface area contributed by atoms with Crippen LogP contribution < -0.4 is 10.6 Å². The van der Waals surface area contributed by atoms with Crippen LogP contribution in [-0.2, 0) is 4.74 Å². The van der Waals surface area contributed by atoms with Crippen LogP contribution in [0.4, 0.5) is 11.5 Å². The molecule has 0 unspecified atom stereocenters. The number of nitrogen functional groups attached to an aromatic ring is 1. The number of ether oxygens (including phenoxy) is 1. The average Bonchev–Trinajstić information content (AvgIpc) is 2.53. The number of hydrogen-bond donors (Lipinski definition) is 2. The summed E-state index contributed by atoms with van der Waals surface area (Å²) >= 11 is 0. The number of aromatic nitrogens is 2. The number of nitrogens with two attached hydrogens (primary N) is 1. The predicted octanol–water partition coefficient (Wildman–Crippen LogP) is -0.172. The second-order valence-corrected chi connectivity index (χ2v) is 2.77. The molecule has 1 aliphatic rings. The first kappa shape index (κ1) is 7.42. The summed E-state index contributed by atoms with van der Waals surface area (Å²) in [6.45, 7) is 3.32. The second kappa shape index (κ2) is 3.02. The van der Waals surface area contributed by atoms with Crippen LogP contribution in [0.1, 0.15) is 0 Å². The van der Waals surface area contributed by atoms with Gasteiger partial charge < -0.3 is 15.4 Å². The lowest BCUT2D eigenvalue weighted by atomic mass is 10.3. The fourth-order valence-electron chi connectivity index (χ4n) is 1.35. The van der Waals surface area contributed by atoms with Gasteiger partial charge in [-0.25, -0.2) is 0 Å². The van der Waals surface area contributed by atoms with E-state index in [1.165, 1.54) is 0 Å². The van der Waals surface area contributed by atoms with Crippen molar-refractivity contribution in [3.05, 3.63) is 6.20 Å². The molecule has 1 saturated heterocycles. The molecule has 1 aliphatic heterocycles. The van der Waals surface area contributed by atoms with Crippen molar-refractivity contribution in [1.82, 2.24) is 10.2 Å². The molecule has 0 aliphatic carbocycles. The zero-order valence-electron chi connectivity index (χ0n) is 6.79. The molecule has 0 amide bonds. The molecule has 66 valence electrons. The van der Waals surface area contributed by atoms with Gasteiger partial charge in [-0.1, -0.05) is 0 Å². The number of hydrogen-bond acceptors (Lipinski definition) is 4. The minimum atomic E-state index is 0.636. The van der Waals surface area contributed by atoms with E-state index >= 15 is 0 Å². The molecule has 1 aromatic heterocycles. The van der Waals surface area contributed by atoms with Crippen molar-refractivity contribution in [2.24, 2.45) is 0 Å². The molecular formula is C7H12N4O. The van der Waals surface area contributed by atoms with Gasteiger partial charge in [0.2, 0.25) is 0 Å². The normalized spacial score (nSPS) is 18.2. The number of H-pyrrole nitrogens is 1. The van der Waals surface area contributed by atoms with Crippen molar-refractivity contribution in [2.75, 3.05) is 36.9 Å². The minimum absolute atomic E-state index is 0.636. The van der Waals surface area contributed by atoms with Gasteiger partial charge in [-0.2, -0.15) is 5.10 Å². The summed E-state index contributed by atoms with van der Waals surface area (Å²) in [6.07, 6.45) is 1.75. The highest BCUT2D eigenvalue weighted by atomic mass is 16.5. The van der Waals surface area contributed by atoms with Crippen molar-refractivity contribution in [1.29, 1.82) is 0 Å². The highest BCUT2D eigenvalue weighted by molar-refractivity contribution is 5.62. The maximum Gasteiger partial charge on any atom is 0.142 e. The maximum atomic E-state index is 5.67. The molecule has 2 heterocycles. The Hall–Kier alpha value is -1.23. The first-order chi connectivity index (χ1) is 5.88. The molecule has 0 radical (unpaired) electrons. The van der Waals surface area contributed by atoms with E-state index in [2.05, 4.69) is 15.1 Å². The Labute approximate surface area is 70.5 Å². The van der Waals surface area contributed by atoms with E-state index in [0.717, 1.165) is 32.0 Å². The average molecular weight is 168 g/mol. The van der Waals surface area contributed by atoms with E-state index in [0.29, 0.717) is 5.82 Å². The highest BCUT2D eigenvalue weighted by Crippen LogP contribution is 2.20. The number of nitrogens with one attached hydrogen (secondary N) is 1. The molecule has 5 nitrogen and oxygen atoms in total. The quantitative estimate of drug-likeness (QED) is 0.611.